The first-order valence-corrected chi connectivity index (χ1v) is 16.8. The van der Waals surface area contributed by atoms with Crippen LogP contribution in [0.25, 0.3) is 11.1 Å². The van der Waals surface area contributed by atoms with Crippen LogP contribution in [0.1, 0.15) is 56.5 Å². The summed E-state index contributed by atoms with van der Waals surface area (Å²) in [6.07, 6.45) is -4.30. The van der Waals surface area contributed by atoms with Crippen LogP contribution < -0.4 is 20.3 Å². The minimum absolute atomic E-state index is 0.0154. The van der Waals surface area contributed by atoms with E-state index in [1.54, 1.807) is 50.2 Å². The Bertz CT molecular complexity index is 1530. The van der Waals surface area contributed by atoms with Gasteiger partial charge in [-0.05, 0) is 66.7 Å². The summed E-state index contributed by atoms with van der Waals surface area (Å²) in [5.41, 5.74) is 2.59. The number of methoxy groups -OCH3 is 1. The van der Waals surface area contributed by atoms with Gasteiger partial charge >= 0.3 is 6.18 Å². The molecule has 4 fully saturated rings. The second-order valence-electron chi connectivity index (χ2n) is 14.7. The Labute approximate surface area is 285 Å². The second-order valence-corrected chi connectivity index (χ2v) is 14.7. The summed E-state index contributed by atoms with van der Waals surface area (Å²) in [7, 11) is 5.00. The zero-order valence-electron chi connectivity index (χ0n) is 29.2. The lowest BCUT2D eigenvalue weighted by Crippen LogP contribution is -2.62. The van der Waals surface area contributed by atoms with E-state index in [2.05, 4.69) is 26.1 Å². The molecule has 2 aromatic rings. The second kappa shape index (κ2) is 14.1. The molecule has 6 rings (SSSR count). The molecule has 4 N–H and O–H groups in total. The number of fused-ring (bicyclic) bond motifs is 2. The number of ether oxygens (including phenoxy) is 1. The van der Waals surface area contributed by atoms with Crippen molar-refractivity contribution in [3.63, 3.8) is 0 Å². The Kier molecular flexibility index (Phi) is 10.6. The zero-order valence-corrected chi connectivity index (χ0v) is 29.2. The Balaban J connectivity index is 1.45. The molecule has 3 aliphatic carbocycles. The summed E-state index contributed by atoms with van der Waals surface area (Å²) >= 11 is 0. The molecular weight excluding hydrogens is 641 g/mol. The summed E-state index contributed by atoms with van der Waals surface area (Å²) in [4.78, 5) is 34.8. The van der Waals surface area contributed by atoms with E-state index in [4.69, 9.17) is 9.57 Å². The van der Waals surface area contributed by atoms with E-state index >= 15 is 0 Å². The van der Waals surface area contributed by atoms with Crippen LogP contribution in [0.4, 0.5) is 18.9 Å². The first-order valence-electron chi connectivity index (χ1n) is 16.8. The maximum Gasteiger partial charge on any atom is 0.405 e. The van der Waals surface area contributed by atoms with Gasteiger partial charge < -0.3 is 30.5 Å². The van der Waals surface area contributed by atoms with E-state index in [0.29, 0.717) is 40.0 Å². The molecule has 0 radical (unpaired) electrons. The lowest BCUT2D eigenvalue weighted by Gasteiger charge is -2.62. The van der Waals surface area contributed by atoms with Gasteiger partial charge in [-0.2, -0.15) is 18.2 Å². The number of nitrogens with one attached hydrogen (secondary N) is 2. The van der Waals surface area contributed by atoms with Crippen LogP contribution >= 0.6 is 0 Å². The van der Waals surface area contributed by atoms with Gasteiger partial charge in [0.05, 0.1) is 26.4 Å². The van der Waals surface area contributed by atoms with Crippen LogP contribution in [0.5, 0.6) is 5.75 Å². The Morgan fingerprint density at radius 1 is 1.18 bits per heavy atom. The first-order chi connectivity index (χ1) is 23.0. The highest BCUT2D eigenvalue weighted by molar-refractivity contribution is 5.97. The van der Waals surface area contributed by atoms with Crippen molar-refractivity contribution in [3.05, 3.63) is 47.5 Å². The van der Waals surface area contributed by atoms with Crippen molar-refractivity contribution >= 4 is 17.5 Å². The predicted octanol–water partition coefficient (Wildman–Crippen LogP) is 4.38. The van der Waals surface area contributed by atoms with Gasteiger partial charge in [-0.25, -0.2) is 0 Å². The zero-order chi connectivity index (χ0) is 36.0. The quantitative estimate of drug-likeness (QED) is 0.274. The molecule has 3 saturated carbocycles. The Morgan fingerprint density at radius 2 is 1.90 bits per heavy atom. The highest BCUT2D eigenvalue weighted by Gasteiger charge is 2.57. The van der Waals surface area contributed by atoms with Crippen molar-refractivity contribution in [2.24, 2.45) is 29.1 Å². The molecule has 270 valence electrons. The van der Waals surface area contributed by atoms with Crippen LogP contribution in [-0.4, -0.2) is 91.9 Å². The highest BCUT2D eigenvalue weighted by Crippen LogP contribution is 2.61. The molecule has 0 unspecified atom stereocenters. The number of amides is 2. The number of aliphatic hydroxyl groups excluding tert-OH is 2. The van der Waals surface area contributed by atoms with Gasteiger partial charge in [0.15, 0.2) is 0 Å². The van der Waals surface area contributed by atoms with Crippen LogP contribution in [0.2, 0.25) is 0 Å². The highest BCUT2D eigenvalue weighted by atomic mass is 19.4. The number of hydrogen-bond donors (Lipinski definition) is 4. The summed E-state index contributed by atoms with van der Waals surface area (Å²) in [6, 6.07) is 9.24. The molecule has 10 nitrogen and oxygen atoms in total. The number of rotatable bonds is 11. The maximum absolute atomic E-state index is 14.1. The van der Waals surface area contributed by atoms with E-state index in [1.165, 1.54) is 24.3 Å². The van der Waals surface area contributed by atoms with Crippen LogP contribution in [-0.2, 0) is 16.2 Å². The number of aliphatic hydroxyl groups is 2. The topological polar surface area (TPSA) is 124 Å². The van der Waals surface area contributed by atoms with E-state index in [1.807, 2.05) is 5.32 Å². The third-order valence-corrected chi connectivity index (χ3v) is 11.1. The standard InChI is InChI=1S/C36H49F3N4O6/c1-19-27-14-24(35(27,3)4)15-28(19)41-34(47)31-30(20(2)45)29(17-44)49-43(31)16-21-9-8-10-26(32(21)48-7)22-11-23(13-25(12-22)42(5)6)33(46)40-18-36(37,38)39/h8-13,19-20,24,27-31,44-45H,14-18H2,1-7H3,(H,40,46)(H,41,47)/t19-,20-,24+,27-,28-,29-,30-,31-/m0/s1. The van der Waals surface area contributed by atoms with Crippen LogP contribution in [0, 0.1) is 29.1 Å². The minimum Gasteiger partial charge on any atom is -0.496 e. The molecule has 4 aliphatic rings. The van der Waals surface area contributed by atoms with Crippen molar-refractivity contribution in [1.29, 1.82) is 0 Å². The van der Waals surface area contributed by atoms with E-state index in [-0.39, 0.29) is 35.4 Å². The molecule has 1 aliphatic heterocycles. The van der Waals surface area contributed by atoms with Gasteiger partial charge in [-0.15, -0.1) is 0 Å². The number of carbonyl (C=O) groups excluding carboxylic acids is 2. The number of nitrogens with zero attached hydrogens (tertiary/aromatic N) is 2. The fourth-order valence-corrected chi connectivity index (χ4v) is 8.27. The monoisotopic (exact) mass is 690 g/mol. The molecule has 1 saturated heterocycles. The summed E-state index contributed by atoms with van der Waals surface area (Å²) in [6.45, 7) is 6.56. The summed E-state index contributed by atoms with van der Waals surface area (Å²) in [5, 5.41) is 27.8. The molecule has 0 spiro atoms. The number of anilines is 1. The molecule has 2 amide bonds. The predicted molar refractivity (Wildman–Crippen MR) is 179 cm³/mol. The SMILES string of the molecule is COc1c(CN2O[C@@H](CO)[C@H]([C@H](C)O)[C@H]2C(=O)N[C@H]2C[C@H]3C[C@@H]([C@@H]2C)C3(C)C)cccc1-c1cc(C(=O)NCC(F)(F)F)cc(N(C)C)c1. The number of alkyl halides is 3. The number of benzene rings is 2. The van der Waals surface area contributed by atoms with E-state index in [9.17, 15) is 33.0 Å². The lowest BCUT2D eigenvalue weighted by molar-refractivity contribution is -0.183. The van der Waals surface area contributed by atoms with Crippen LogP contribution in [0.15, 0.2) is 36.4 Å². The molecule has 13 heteroatoms. The fraction of sp³-hybridized carbons (Fsp3) is 0.611. The van der Waals surface area contributed by atoms with Crippen LogP contribution in [0.3, 0.4) is 0 Å². The average molecular weight is 691 g/mol. The van der Waals surface area contributed by atoms with Gasteiger partial charge in [-0.3, -0.25) is 14.4 Å². The molecule has 0 aromatic heterocycles. The third-order valence-electron chi connectivity index (χ3n) is 11.1. The van der Waals surface area contributed by atoms with Gasteiger partial charge in [0.25, 0.3) is 5.91 Å². The molecular formula is C36H49F3N4O6. The molecule has 1 heterocycles. The van der Waals surface area contributed by atoms with E-state index < -0.39 is 49.4 Å². The smallest absolute Gasteiger partial charge is 0.405 e. The molecule has 8 atom stereocenters. The Morgan fingerprint density at radius 3 is 2.47 bits per heavy atom. The molecule has 49 heavy (non-hydrogen) atoms. The number of para-hydroxylation sites is 1. The van der Waals surface area contributed by atoms with Crippen molar-refractivity contribution in [3.8, 4) is 16.9 Å². The minimum atomic E-state index is -4.56. The number of carbonyl (C=O) groups is 2. The van der Waals surface area contributed by atoms with Crippen molar-refractivity contribution in [2.75, 3.05) is 39.3 Å². The van der Waals surface area contributed by atoms with Crippen molar-refractivity contribution in [1.82, 2.24) is 15.7 Å². The Hall–Kier alpha value is -3.39. The molecule has 2 bridgehead atoms. The maximum atomic E-state index is 14.1. The number of hydrogen-bond acceptors (Lipinski definition) is 8. The summed E-state index contributed by atoms with van der Waals surface area (Å²) in [5.74, 6) is -0.120. The van der Waals surface area contributed by atoms with Gasteiger partial charge in [-0.1, -0.05) is 39.0 Å². The largest absolute Gasteiger partial charge is 0.496 e. The van der Waals surface area contributed by atoms with Crippen molar-refractivity contribution < 1.29 is 42.5 Å². The number of hydroxylamine groups is 2. The summed E-state index contributed by atoms with van der Waals surface area (Å²) < 4.78 is 44.5. The van der Waals surface area contributed by atoms with Gasteiger partial charge in [0.2, 0.25) is 5.91 Å². The lowest BCUT2D eigenvalue weighted by atomic mass is 9.45. The fourth-order valence-electron chi connectivity index (χ4n) is 8.27. The first kappa shape index (κ1) is 36.9. The van der Waals surface area contributed by atoms with E-state index in [0.717, 1.165) is 12.8 Å². The van der Waals surface area contributed by atoms with Gasteiger partial charge in [0, 0.05) is 48.4 Å². The molecule has 2 aromatic carbocycles. The van der Waals surface area contributed by atoms with Crippen molar-refractivity contribution in [2.45, 2.75) is 77.5 Å². The average Bonchev–Trinajstić information content (AvgIpc) is 3.42. The third kappa shape index (κ3) is 7.40. The number of halogens is 3. The normalized spacial score (nSPS) is 28.4. The van der Waals surface area contributed by atoms with Gasteiger partial charge in [0.1, 0.15) is 24.4 Å².